The molecule has 37 heavy (non-hydrogen) atoms. The predicted molar refractivity (Wildman–Crippen MR) is 141 cm³/mol. The Bertz CT molecular complexity index is 1420. The molecule has 2 N–H and O–H groups in total. The maximum atomic E-state index is 13.2. The van der Waals surface area contributed by atoms with Gasteiger partial charge in [-0.05, 0) is 97.9 Å². The van der Waals surface area contributed by atoms with Gasteiger partial charge in [-0.25, -0.2) is 26.4 Å². The van der Waals surface area contributed by atoms with Crippen LogP contribution in [0.3, 0.4) is 0 Å². The summed E-state index contributed by atoms with van der Waals surface area (Å²) in [5, 5.41) is 3.70. The van der Waals surface area contributed by atoms with Crippen LogP contribution in [0.2, 0.25) is 0 Å². The van der Waals surface area contributed by atoms with E-state index in [1.807, 2.05) is 0 Å². The van der Waals surface area contributed by atoms with Crippen molar-refractivity contribution in [1.82, 2.24) is 9.03 Å². The van der Waals surface area contributed by atoms with Gasteiger partial charge in [0.2, 0.25) is 10.0 Å². The highest BCUT2D eigenvalue weighted by Crippen LogP contribution is 2.38. The van der Waals surface area contributed by atoms with Gasteiger partial charge < -0.3 is 10.1 Å². The van der Waals surface area contributed by atoms with E-state index < -0.39 is 32.1 Å². The number of sulfonamides is 2. The molecule has 11 heteroatoms. The molecular weight excluding hydrogens is 514 g/mol. The quantitative estimate of drug-likeness (QED) is 0.549. The van der Waals surface area contributed by atoms with Crippen LogP contribution < -0.4 is 14.8 Å². The number of hydrogen-bond acceptors (Lipinski definition) is 6. The summed E-state index contributed by atoms with van der Waals surface area (Å²) in [6.45, 7) is 0.279. The van der Waals surface area contributed by atoms with Crippen LogP contribution >= 0.6 is 0 Å². The van der Waals surface area contributed by atoms with Crippen LogP contribution in [0, 0.1) is 0 Å². The first-order valence-corrected chi connectivity index (χ1v) is 15.5. The van der Waals surface area contributed by atoms with Gasteiger partial charge >= 0.3 is 6.03 Å². The van der Waals surface area contributed by atoms with E-state index >= 15 is 0 Å². The number of ether oxygens (including phenoxy) is 1. The van der Waals surface area contributed by atoms with Gasteiger partial charge in [-0.1, -0.05) is 12.1 Å². The second-order valence-corrected chi connectivity index (χ2v) is 13.1. The van der Waals surface area contributed by atoms with Crippen molar-refractivity contribution < 1.29 is 26.4 Å². The fraction of sp³-hybridized carbons (Fsp3) is 0.423. The average Bonchev–Trinajstić information content (AvgIpc) is 3.63. The molecule has 2 amide bonds. The van der Waals surface area contributed by atoms with Crippen molar-refractivity contribution in [3.63, 3.8) is 0 Å². The summed E-state index contributed by atoms with van der Waals surface area (Å²) in [6.07, 6.45) is 8.13. The number of carbonyl (C=O) groups is 1. The number of nitrogens with one attached hydrogen (secondary N) is 2. The molecule has 1 heterocycles. The van der Waals surface area contributed by atoms with Crippen LogP contribution in [0.1, 0.15) is 47.9 Å². The molecule has 5 rings (SSSR count). The summed E-state index contributed by atoms with van der Waals surface area (Å²) in [5.41, 5.74) is 5.44. The summed E-state index contributed by atoms with van der Waals surface area (Å²) < 4.78 is 60.2. The van der Waals surface area contributed by atoms with E-state index in [1.54, 1.807) is 12.1 Å². The lowest BCUT2D eigenvalue weighted by atomic mass is 9.99. The van der Waals surface area contributed by atoms with E-state index in [0.29, 0.717) is 18.6 Å². The predicted octanol–water partition coefficient (Wildman–Crippen LogP) is 3.49. The number of aryl methyl sites for hydroxylation is 2. The molecule has 1 saturated heterocycles. The Kier molecular flexibility index (Phi) is 7.03. The van der Waals surface area contributed by atoms with Gasteiger partial charge in [-0.2, -0.15) is 4.31 Å². The number of benzene rings is 2. The minimum Gasteiger partial charge on any atom is -0.497 e. The molecule has 0 saturated carbocycles. The molecule has 2 aromatic carbocycles. The second kappa shape index (κ2) is 10.1. The van der Waals surface area contributed by atoms with Gasteiger partial charge in [0.05, 0.1) is 12.0 Å². The van der Waals surface area contributed by atoms with Crippen molar-refractivity contribution in [1.29, 1.82) is 0 Å². The molecule has 3 aliphatic rings. The van der Waals surface area contributed by atoms with Crippen molar-refractivity contribution in [3.8, 4) is 5.75 Å². The molecule has 0 bridgehead atoms. The van der Waals surface area contributed by atoms with E-state index in [2.05, 4.69) is 16.1 Å². The minimum absolute atomic E-state index is 0.108. The number of carbonyl (C=O) groups excluding carboxylic acids is 1. The molecule has 9 nitrogen and oxygen atoms in total. The first-order valence-electron chi connectivity index (χ1n) is 12.5. The van der Waals surface area contributed by atoms with E-state index in [0.717, 1.165) is 60.7 Å². The molecule has 1 unspecified atom stereocenters. The lowest BCUT2D eigenvalue weighted by molar-refractivity contribution is 0.256. The first kappa shape index (κ1) is 25.7. The van der Waals surface area contributed by atoms with E-state index in [9.17, 15) is 21.6 Å². The third-order valence-electron chi connectivity index (χ3n) is 7.34. The van der Waals surface area contributed by atoms with Crippen molar-refractivity contribution >= 4 is 31.8 Å². The highest BCUT2D eigenvalue weighted by molar-refractivity contribution is 7.93. The van der Waals surface area contributed by atoms with Crippen LogP contribution in [0.25, 0.3) is 0 Å². The van der Waals surface area contributed by atoms with Gasteiger partial charge in [0.1, 0.15) is 5.75 Å². The van der Waals surface area contributed by atoms with Crippen molar-refractivity contribution in [2.75, 3.05) is 19.0 Å². The fourth-order valence-electron chi connectivity index (χ4n) is 5.60. The van der Waals surface area contributed by atoms with Crippen LogP contribution in [-0.4, -0.2) is 46.9 Å². The molecule has 1 atom stereocenters. The third-order valence-corrected chi connectivity index (χ3v) is 10.3. The molecule has 0 spiro atoms. The maximum absolute atomic E-state index is 13.2. The summed E-state index contributed by atoms with van der Waals surface area (Å²) in [5.74, 6) is 0.540. The summed E-state index contributed by atoms with van der Waals surface area (Å²) >= 11 is 0. The largest absolute Gasteiger partial charge is 0.497 e. The zero-order valence-electron chi connectivity index (χ0n) is 20.7. The minimum atomic E-state index is -4.14. The molecule has 1 fully saturated rings. The molecule has 2 aliphatic carbocycles. The molecule has 0 radical (unpaired) electrons. The highest BCUT2D eigenvalue weighted by Gasteiger charge is 2.34. The van der Waals surface area contributed by atoms with E-state index in [4.69, 9.17) is 4.74 Å². The standard InChI is InChI=1S/C26H31N3O6S2/c1-35-21-10-12-22(13-11-21)37(33,34)29-15-4-7-20(29)14-16-36(31,32)28-26(30)27-25-23-8-2-5-18(23)17-19-6-3-9-24(19)25/h10-14,16-17,20H,2-9,15H2,1H3,(H2,27,28,30)/b16-14+. The molecule has 0 aromatic heterocycles. The topological polar surface area (TPSA) is 122 Å². The van der Waals surface area contributed by atoms with Gasteiger partial charge in [0, 0.05) is 23.7 Å². The van der Waals surface area contributed by atoms with Crippen molar-refractivity contribution in [2.45, 2.75) is 62.3 Å². The Balaban J connectivity index is 1.28. The Labute approximate surface area is 218 Å². The number of amides is 2. The van der Waals surface area contributed by atoms with Gasteiger partial charge in [0.15, 0.2) is 0 Å². The maximum Gasteiger partial charge on any atom is 0.333 e. The summed E-state index contributed by atoms with van der Waals surface area (Å²) in [6, 6.07) is 6.86. The second-order valence-electron chi connectivity index (χ2n) is 9.66. The van der Waals surface area contributed by atoms with Crippen LogP contribution in [0.15, 0.2) is 46.7 Å². The Morgan fingerprint density at radius 1 is 0.973 bits per heavy atom. The lowest BCUT2D eigenvalue weighted by Crippen LogP contribution is -2.36. The number of hydrogen-bond donors (Lipinski definition) is 2. The monoisotopic (exact) mass is 545 g/mol. The Morgan fingerprint density at radius 3 is 2.24 bits per heavy atom. The molecule has 198 valence electrons. The SMILES string of the molecule is COc1ccc(S(=O)(=O)N2CCCC2/C=C/S(=O)(=O)NC(=O)Nc2c3c(cc4c2CCC4)CCC3)cc1. The van der Waals surface area contributed by atoms with E-state index in [1.165, 1.54) is 40.8 Å². The Hall–Kier alpha value is -2.89. The average molecular weight is 546 g/mol. The third kappa shape index (κ3) is 5.25. The van der Waals surface area contributed by atoms with Crippen LogP contribution in [0.5, 0.6) is 5.75 Å². The smallest absolute Gasteiger partial charge is 0.333 e. The molecule has 2 aromatic rings. The number of methoxy groups -OCH3 is 1. The molecular formula is C26H31N3O6S2. The summed E-state index contributed by atoms with van der Waals surface area (Å²) in [4.78, 5) is 12.8. The number of nitrogens with zero attached hydrogens (tertiary/aromatic N) is 1. The Morgan fingerprint density at radius 2 is 1.62 bits per heavy atom. The van der Waals surface area contributed by atoms with Crippen molar-refractivity contribution in [3.05, 3.63) is 64.1 Å². The summed E-state index contributed by atoms with van der Waals surface area (Å²) in [7, 11) is -6.47. The first-order chi connectivity index (χ1) is 17.7. The van der Waals surface area contributed by atoms with Crippen LogP contribution in [0.4, 0.5) is 10.5 Å². The number of fused-ring (bicyclic) bond motifs is 2. The normalized spacial score (nSPS) is 19.6. The van der Waals surface area contributed by atoms with Gasteiger partial charge in [0.25, 0.3) is 10.0 Å². The van der Waals surface area contributed by atoms with Crippen LogP contribution in [-0.2, 0) is 45.7 Å². The number of rotatable bonds is 7. The number of urea groups is 1. The zero-order chi connectivity index (χ0) is 26.2. The molecule has 1 aliphatic heterocycles. The van der Waals surface area contributed by atoms with Crippen molar-refractivity contribution in [2.24, 2.45) is 0 Å². The zero-order valence-corrected chi connectivity index (χ0v) is 22.3. The van der Waals surface area contributed by atoms with Gasteiger partial charge in [-0.3, -0.25) is 0 Å². The highest BCUT2D eigenvalue weighted by atomic mass is 32.2. The number of anilines is 1. The van der Waals surface area contributed by atoms with E-state index in [-0.39, 0.29) is 11.4 Å². The van der Waals surface area contributed by atoms with Gasteiger partial charge in [-0.15, -0.1) is 0 Å². The lowest BCUT2D eigenvalue weighted by Gasteiger charge is -2.22. The fourth-order valence-corrected chi connectivity index (χ4v) is 8.02.